The second-order valence-electron chi connectivity index (χ2n) is 6.95. The van der Waals surface area contributed by atoms with Crippen LogP contribution in [-0.2, 0) is 0 Å². The van der Waals surface area contributed by atoms with E-state index in [0.29, 0.717) is 12.8 Å². The van der Waals surface area contributed by atoms with Gasteiger partial charge in [-0.25, -0.2) is 0 Å². The molecule has 0 amide bonds. The molecule has 0 saturated heterocycles. The van der Waals surface area contributed by atoms with Crippen molar-refractivity contribution in [2.24, 2.45) is 0 Å². The van der Waals surface area contributed by atoms with Crippen molar-refractivity contribution in [3.05, 3.63) is 0 Å². The summed E-state index contributed by atoms with van der Waals surface area (Å²) >= 11 is 0. The highest BCUT2D eigenvalue weighted by molar-refractivity contribution is 8.46. The maximum Gasteiger partial charge on any atom is 0.290 e. The van der Waals surface area contributed by atoms with Crippen LogP contribution in [0.4, 0.5) is 19.4 Å². The lowest BCUT2D eigenvalue weighted by Gasteiger charge is -2.55. The minimum Gasteiger partial charge on any atom is -0.312 e. The first kappa shape index (κ1) is 19.0. The van der Waals surface area contributed by atoms with E-state index in [-0.39, 0.29) is 12.5 Å². The summed E-state index contributed by atoms with van der Waals surface area (Å²) in [5.74, 6) is 0. The molecular formula is C14H28F5NS. The van der Waals surface area contributed by atoms with Gasteiger partial charge in [0.25, 0.3) is 10.2 Å². The Bertz CT molecular complexity index is 353. The Morgan fingerprint density at radius 2 is 1.48 bits per heavy atom. The molecule has 1 fully saturated rings. The van der Waals surface area contributed by atoms with E-state index in [1.807, 2.05) is 13.8 Å². The Kier molecular flexibility index (Phi) is 5.02. The first-order chi connectivity index (χ1) is 9.24. The molecule has 21 heavy (non-hydrogen) atoms. The molecule has 0 spiro atoms. The van der Waals surface area contributed by atoms with E-state index < -0.39 is 33.9 Å². The fraction of sp³-hybridized carbons (Fsp3) is 1.00. The Morgan fingerprint density at radius 1 is 0.952 bits per heavy atom. The largest absolute Gasteiger partial charge is 0.312 e. The maximum absolute atomic E-state index is 13.5. The topological polar surface area (TPSA) is 12.0 Å². The molecule has 0 bridgehead atoms. The second kappa shape index (κ2) is 5.55. The van der Waals surface area contributed by atoms with Crippen molar-refractivity contribution in [2.75, 3.05) is 0 Å². The molecule has 2 atom stereocenters. The predicted octanol–water partition coefficient (Wildman–Crippen LogP) is 6.54. The summed E-state index contributed by atoms with van der Waals surface area (Å²) in [7, 11) is -9.53. The lowest BCUT2D eigenvalue weighted by molar-refractivity contribution is 0.252. The normalized spacial score (nSPS) is 33.3. The highest BCUT2D eigenvalue weighted by Gasteiger charge is 2.76. The molecule has 1 nitrogen and oxygen atoms in total. The molecule has 1 saturated carbocycles. The Labute approximate surface area is 124 Å². The number of halogens is 5. The number of hydrogen-bond donors (Lipinski definition) is 1. The summed E-state index contributed by atoms with van der Waals surface area (Å²) < 4.78 is 64.7. The average molecular weight is 337 g/mol. The van der Waals surface area contributed by atoms with Gasteiger partial charge < -0.3 is 5.32 Å². The molecule has 0 aliphatic heterocycles. The van der Waals surface area contributed by atoms with Crippen LogP contribution in [0, 0.1) is 0 Å². The summed E-state index contributed by atoms with van der Waals surface area (Å²) in [6.45, 7) is 4.39. The smallest absolute Gasteiger partial charge is 0.290 e. The fourth-order valence-electron chi connectivity index (χ4n) is 3.11. The average Bonchev–Trinajstić information content (AvgIpc) is 2.23. The van der Waals surface area contributed by atoms with Gasteiger partial charge in [0.1, 0.15) is 4.75 Å². The molecule has 1 rings (SSSR count). The molecular weight excluding hydrogens is 309 g/mol. The Balaban J connectivity index is 3.06. The van der Waals surface area contributed by atoms with Gasteiger partial charge in [-0.15, -0.1) is 0 Å². The number of hydrogen-bond acceptors (Lipinski definition) is 1. The van der Waals surface area contributed by atoms with E-state index in [1.165, 1.54) is 0 Å². The van der Waals surface area contributed by atoms with E-state index in [0.717, 1.165) is 26.2 Å². The van der Waals surface area contributed by atoms with Crippen LogP contribution in [-0.4, -0.2) is 16.8 Å². The van der Waals surface area contributed by atoms with E-state index >= 15 is 0 Å². The van der Waals surface area contributed by atoms with Crippen LogP contribution >= 0.6 is 10.2 Å². The fourth-order valence-corrected chi connectivity index (χ4v) is 4.16. The zero-order chi connectivity index (χ0) is 16.4. The summed E-state index contributed by atoms with van der Waals surface area (Å²) in [5.41, 5.74) is 0. The third-order valence-electron chi connectivity index (χ3n) is 4.44. The Morgan fingerprint density at radius 3 is 2.00 bits per heavy atom. The van der Waals surface area contributed by atoms with Crippen LogP contribution < -0.4 is 5.32 Å². The molecule has 1 N–H and O–H groups in total. The van der Waals surface area contributed by atoms with Crippen molar-refractivity contribution in [2.45, 2.75) is 89.0 Å². The van der Waals surface area contributed by atoms with Gasteiger partial charge in [0.15, 0.2) is 0 Å². The van der Waals surface area contributed by atoms with Gasteiger partial charge in [0, 0.05) is 12.1 Å². The van der Waals surface area contributed by atoms with Crippen molar-refractivity contribution in [3.63, 3.8) is 0 Å². The summed E-state index contributed by atoms with van der Waals surface area (Å²) in [6.07, 6.45) is 2.93. The molecule has 0 heterocycles. The van der Waals surface area contributed by atoms with Crippen LogP contribution in [0.15, 0.2) is 0 Å². The predicted molar refractivity (Wildman–Crippen MR) is 80.5 cm³/mol. The van der Waals surface area contributed by atoms with Crippen molar-refractivity contribution >= 4 is 10.2 Å². The quantitative estimate of drug-likeness (QED) is 0.576. The first-order valence-electron chi connectivity index (χ1n) is 7.73. The number of rotatable bonds is 3. The zero-order valence-electron chi connectivity index (χ0n) is 13.1. The maximum atomic E-state index is 13.5. The van der Waals surface area contributed by atoms with E-state index in [1.54, 1.807) is 0 Å². The molecule has 130 valence electrons. The highest BCUT2D eigenvalue weighted by atomic mass is 32.5. The third-order valence-corrected chi connectivity index (χ3v) is 6.67. The van der Waals surface area contributed by atoms with Gasteiger partial charge in [0.2, 0.25) is 0 Å². The minimum absolute atomic E-state index is 0.0132. The van der Waals surface area contributed by atoms with E-state index in [4.69, 9.17) is 0 Å². The monoisotopic (exact) mass is 337 g/mol. The summed E-state index contributed by atoms with van der Waals surface area (Å²) in [4.78, 5) is 0. The molecule has 0 aromatic heterocycles. The summed E-state index contributed by atoms with van der Waals surface area (Å²) in [5, 5.41) is 3.04. The van der Waals surface area contributed by atoms with Crippen LogP contribution in [0.2, 0.25) is 0 Å². The third kappa shape index (κ3) is 5.27. The SMILES string of the molecule is CC(C)NC1CCCCCCCC(C)(S(F)(F)(F)(F)F)C1. The lowest BCUT2D eigenvalue weighted by atomic mass is 9.89. The lowest BCUT2D eigenvalue weighted by Crippen LogP contribution is -2.46. The second-order valence-corrected chi connectivity index (χ2v) is 9.87. The van der Waals surface area contributed by atoms with E-state index in [9.17, 15) is 19.4 Å². The molecule has 7 heteroatoms. The van der Waals surface area contributed by atoms with Crippen molar-refractivity contribution in [1.82, 2.24) is 5.32 Å². The zero-order valence-corrected chi connectivity index (χ0v) is 13.9. The molecule has 1 aliphatic carbocycles. The van der Waals surface area contributed by atoms with Gasteiger partial charge in [-0.05, 0) is 26.2 Å². The van der Waals surface area contributed by atoms with Crippen molar-refractivity contribution in [1.29, 1.82) is 0 Å². The molecule has 1 aliphatic rings. The highest BCUT2D eigenvalue weighted by Crippen LogP contribution is 3.04. The van der Waals surface area contributed by atoms with Crippen molar-refractivity contribution in [3.8, 4) is 0 Å². The summed E-state index contributed by atoms with van der Waals surface area (Å²) in [6, 6.07) is -0.516. The van der Waals surface area contributed by atoms with Gasteiger partial charge >= 0.3 is 0 Å². The first-order valence-corrected chi connectivity index (χ1v) is 9.68. The van der Waals surface area contributed by atoms with Crippen LogP contribution in [0.1, 0.15) is 72.1 Å². The van der Waals surface area contributed by atoms with Gasteiger partial charge in [-0.2, -0.15) is 0 Å². The van der Waals surface area contributed by atoms with Crippen LogP contribution in [0.25, 0.3) is 0 Å². The number of nitrogens with one attached hydrogen (secondary N) is 1. The molecule has 0 aromatic rings. The van der Waals surface area contributed by atoms with Gasteiger partial charge in [0.05, 0.1) is 0 Å². The minimum atomic E-state index is -9.53. The Hall–Kier alpha value is -0.0400. The van der Waals surface area contributed by atoms with Crippen LogP contribution in [0.5, 0.6) is 0 Å². The van der Waals surface area contributed by atoms with Crippen LogP contribution in [0.3, 0.4) is 0 Å². The van der Waals surface area contributed by atoms with Gasteiger partial charge in [-0.1, -0.05) is 65.4 Å². The van der Waals surface area contributed by atoms with Gasteiger partial charge in [-0.3, -0.25) is 0 Å². The molecule has 0 aromatic carbocycles. The molecule has 0 radical (unpaired) electrons. The molecule has 2 unspecified atom stereocenters. The standard InChI is InChI=1S/C14H28F5NS/c1-12(2)20-13-9-7-5-4-6-8-10-14(3,11-13)21(15,16,17,18)19/h12-13,20H,4-11H2,1-3H3. The van der Waals surface area contributed by atoms with Crippen molar-refractivity contribution < 1.29 is 19.4 Å². The van der Waals surface area contributed by atoms with E-state index in [2.05, 4.69) is 5.32 Å².